The van der Waals surface area contributed by atoms with E-state index in [1.165, 1.54) is 5.56 Å². The molecular formula is C21H27N5O. The molecule has 1 heterocycles. The fourth-order valence-electron chi connectivity index (χ4n) is 2.89. The summed E-state index contributed by atoms with van der Waals surface area (Å²) < 4.78 is 0. The van der Waals surface area contributed by atoms with E-state index in [0.29, 0.717) is 19.6 Å². The lowest BCUT2D eigenvalue weighted by Gasteiger charge is -2.05. The Balaban J connectivity index is 1.65. The van der Waals surface area contributed by atoms with E-state index in [2.05, 4.69) is 34.9 Å². The summed E-state index contributed by atoms with van der Waals surface area (Å²) in [6, 6.07) is 20.4. The SMILES string of the molecule is OCCNCCCNCc1nn(Cc2ccccc2)nc1-c1ccccc1. The van der Waals surface area contributed by atoms with Crippen molar-refractivity contribution < 1.29 is 5.11 Å². The van der Waals surface area contributed by atoms with Gasteiger partial charge in [-0.05, 0) is 25.1 Å². The smallest absolute Gasteiger partial charge is 0.117 e. The van der Waals surface area contributed by atoms with Crippen LogP contribution in [0.3, 0.4) is 0 Å². The Morgan fingerprint density at radius 3 is 2.26 bits per heavy atom. The van der Waals surface area contributed by atoms with Gasteiger partial charge in [-0.25, -0.2) is 0 Å². The highest BCUT2D eigenvalue weighted by molar-refractivity contribution is 5.60. The first-order valence-electron chi connectivity index (χ1n) is 9.42. The lowest BCUT2D eigenvalue weighted by atomic mass is 10.1. The van der Waals surface area contributed by atoms with Crippen molar-refractivity contribution in [2.75, 3.05) is 26.2 Å². The molecule has 3 N–H and O–H groups in total. The van der Waals surface area contributed by atoms with Crippen LogP contribution < -0.4 is 10.6 Å². The third kappa shape index (κ3) is 5.99. The van der Waals surface area contributed by atoms with Crippen LogP contribution in [0.1, 0.15) is 17.7 Å². The van der Waals surface area contributed by atoms with Crippen LogP contribution >= 0.6 is 0 Å². The molecule has 6 nitrogen and oxygen atoms in total. The average Bonchev–Trinajstić information content (AvgIpc) is 3.11. The van der Waals surface area contributed by atoms with Gasteiger partial charge in [-0.2, -0.15) is 15.0 Å². The van der Waals surface area contributed by atoms with Gasteiger partial charge >= 0.3 is 0 Å². The number of hydrogen-bond acceptors (Lipinski definition) is 5. The molecule has 6 heteroatoms. The van der Waals surface area contributed by atoms with E-state index in [1.807, 2.05) is 36.4 Å². The number of nitrogens with zero attached hydrogens (tertiary/aromatic N) is 3. The zero-order valence-corrected chi connectivity index (χ0v) is 15.5. The zero-order valence-electron chi connectivity index (χ0n) is 15.5. The molecule has 0 unspecified atom stereocenters. The van der Waals surface area contributed by atoms with Gasteiger partial charge in [-0.15, -0.1) is 0 Å². The number of aliphatic hydroxyl groups excluding tert-OH is 1. The Bertz CT molecular complexity index is 789. The fraction of sp³-hybridized carbons (Fsp3) is 0.333. The molecule has 0 saturated carbocycles. The highest BCUT2D eigenvalue weighted by Gasteiger charge is 2.13. The van der Waals surface area contributed by atoms with Crippen molar-refractivity contribution in [3.05, 3.63) is 71.9 Å². The zero-order chi connectivity index (χ0) is 18.7. The third-order valence-electron chi connectivity index (χ3n) is 4.23. The molecule has 0 aliphatic carbocycles. The molecule has 0 bridgehead atoms. The summed E-state index contributed by atoms with van der Waals surface area (Å²) in [6.45, 7) is 3.94. The fourth-order valence-corrected chi connectivity index (χ4v) is 2.89. The maximum atomic E-state index is 8.77. The molecule has 142 valence electrons. The maximum Gasteiger partial charge on any atom is 0.117 e. The Morgan fingerprint density at radius 1 is 0.815 bits per heavy atom. The van der Waals surface area contributed by atoms with E-state index in [9.17, 15) is 0 Å². The lowest BCUT2D eigenvalue weighted by molar-refractivity contribution is 0.292. The van der Waals surface area contributed by atoms with Crippen LogP contribution in [0.25, 0.3) is 11.3 Å². The van der Waals surface area contributed by atoms with Crippen LogP contribution in [0.4, 0.5) is 0 Å². The van der Waals surface area contributed by atoms with Gasteiger partial charge in [0.25, 0.3) is 0 Å². The van der Waals surface area contributed by atoms with Gasteiger partial charge in [0.2, 0.25) is 0 Å². The summed E-state index contributed by atoms with van der Waals surface area (Å²) in [5.41, 5.74) is 4.15. The van der Waals surface area contributed by atoms with Crippen LogP contribution in [-0.2, 0) is 13.1 Å². The van der Waals surface area contributed by atoms with Crippen LogP contribution in [-0.4, -0.2) is 46.3 Å². The minimum atomic E-state index is 0.179. The Labute approximate surface area is 160 Å². The predicted octanol–water partition coefficient (Wildman–Crippen LogP) is 2.05. The minimum Gasteiger partial charge on any atom is -0.395 e. The molecule has 2 aromatic carbocycles. The summed E-state index contributed by atoms with van der Waals surface area (Å²) in [6.07, 6.45) is 0.999. The number of rotatable bonds is 11. The molecule has 0 aliphatic heterocycles. The quantitative estimate of drug-likeness (QED) is 0.454. The summed E-state index contributed by atoms with van der Waals surface area (Å²) in [4.78, 5) is 1.78. The number of hydrogen-bond donors (Lipinski definition) is 3. The molecule has 0 spiro atoms. The molecule has 1 aromatic heterocycles. The van der Waals surface area contributed by atoms with Gasteiger partial charge in [0.15, 0.2) is 0 Å². The Hall–Kier alpha value is -2.54. The van der Waals surface area contributed by atoms with Crippen molar-refractivity contribution in [1.29, 1.82) is 0 Å². The summed E-state index contributed by atoms with van der Waals surface area (Å²) >= 11 is 0. The van der Waals surface area contributed by atoms with E-state index < -0.39 is 0 Å². The lowest BCUT2D eigenvalue weighted by Crippen LogP contribution is -2.24. The number of nitrogens with one attached hydrogen (secondary N) is 2. The molecule has 0 atom stereocenters. The van der Waals surface area contributed by atoms with Gasteiger partial charge in [0.05, 0.1) is 13.2 Å². The van der Waals surface area contributed by atoms with E-state index >= 15 is 0 Å². The van der Waals surface area contributed by atoms with Crippen LogP contribution in [0, 0.1) is 0 Å². The van der Waals surface area contributed by atoms with Crippen LogP contribution in [0.2, 0.25) is 0 Å². The second-order valence-electron chi connectivity index (χ2n) is 6.38. The van der Waals surface area contributed by atoms with E-state index in [0.717, 1.165) is 36.5 Å². The van der Waals surface area contributed by atoms with E-state index in [1.54, 1.807) is 4.80 Å². The molecule has 27 heavy (non-hydrogen) atoms. The average molecular weight is 365 g/mol. The summed E-state index contributed by atoms with van der Waals surface area (Å²) in [7, 11) is 0. The summed E-state index contributed by atoms with van der Waals surface area (Å²) in [5.74, 6) is 0. The number of benzene rings is 2. The normalized spacial score (nSPS) is 11.0. The van der Waals surface area contributed by atoms with Crippen molar-refractivity contribution in [2.24, 2.45) is 0 Å². The van der Waals surface area contributed by atoms with Crippen LogP contribution in [0.15, 0.2) is 60.7 Å². The number of aliphatic hydroxyl groups is 1. The van der Waals surface area contributed by atoms with E-state index in [4.69, 9.17) is 15.3 Å². The second kappa shape index (κ2) is 10.6. The monoisotopic (exact) mass is 365 g/mol. The second-order valence-corrected chi connectivity index (χ2v) is 6.38. The van der Waals surface area contributed by atoms with Crippen molar-refractivity contribution in [3.63, 3.8) is 0 Å². The van der Waals surface area contributed by atoms with Crippen LogP contribution in [0.5, 0.6) is 0 Å². The van der Waals surface area contributed by atoms with Gasteiger partial charge in [-0.3, -0.25) is 0 Å². The highest BCUT2D eigenvalue weighted by Crippen LogP contribution is 2.20. The largest absolute Gasteiger partial charge is 0.395 e. The first-order valence-corrected chi connectivity index (χ1v) is 9.42. The molecule has 3 rings (SSSR count). The molecule has 0 radical (unpaired) electrons. The standard InChI is InChI=1S/C21H27N5O/c27-15-14-22-12-7-13-23-16-20-21(19-10-5-2-6-11-19)25-26(24-20)17-18-8-3-1-4-9-18/h1-6,8-11,22-23,27H,7,12-17H2. The third-order valence-corrected chi connectivity index (χ3v) is 4.23. The van der Waals surface area contributed by atoms with Gasteiger partial charge < -0.3 is 15.7 Å². The minimum absolute atomic E-state index is 0.179. The van der Waals surface area contributed by atoms with Gasteiger partial charge in [0, 0.05) is 18.7 Å². The first kappa shape index (κ1) is 19.2. The number of aromatic nitrogens is 3. The van der Waals surface area contributed by atoms with Crippen molar-refractivity contribution in [2.45, 2.75) is 19.5 Å². The van der Waals surface area contributed by atoms with Crippen molar-refractivity contribution in [1.82, 2.24) is 25.6 Å². The Kier molecular flexibility index (Phi) is 7.53. The van der Waals surface area contributed by atoms with Crippen molar-refractivity contribution in [3.8, 4) is 11.3 Å². The van der Waals surface area contributed by atoms with E-state index in [-0.39, 0.29) is 6.61 Å². The molecule has 0 aliphatic rings. The highest BCUT2D eigenvalue weighted by atomic mass is 16.3. The predicted molar refractivity (Wildman–Crippen MR) is 107 cm³/mol. The topological polar surface area (TPSA) is 75.0 Å². The molecular weight excluding hydrogens is 338 g/mol. The molecule has 0 amide bonds. The Morgan fingerprint density at radius 2 is 1.52 bits per heavy atom. The molecule has 0 fully saturated rings. The van der Waals surface area contributed by atoms with Gasteiger partial charge in [0.1, 0.15) is 11.4 Å². The maximum absolute atomic E-state index is 8.77. The van der Waals surface area contributed by atoms with Gasteiger partial charge in [-0.1, -0.05) is 60.7 Å². The molecule has 0 saturated heterocycles. The first-order chi connectivity index (χ1) is 13.4. The summed E-state index contributed by atoms with van der Waals surface area (Å²) in [5, 5.41) is 24.9. The van der Waals surface area contributed by atoms with Crippen molar-refractivity contribution >= 4 is 0 Å². The molecule has 3 aromatic rings.